The van der Waals surface area contributed by atoms with E-state index in [2.05, 4.69) is 17.1 Å². The van der Waals surface area contributed by atoms with Gasteiger partial charge in [-0.2, -0.15) is 0 Å². The number of amides is 1. The van der Waals surface area contributed by atoms with E-state index >= 15 is 0 Å². The number of hydrogen-bond acceptors (Lipinski definition) is 6. The first-order valence-corrected chi connectivity index (χ1v) is 8.30. The number of likely N-dealkylation sites (tertiary alicyclic amines) is 1. The van der Waals surface area contributed by atoms with Crippen LogP contribution in [-0.2, 0) is 4.79 Å². The number of rotatable bonds is 7. The zero-order valence-electron chi connectivity index (χ0n) is 14.0. The zero-order chi connectivity index (χ0) is 17.0. The molecule has 0 saturated carbocycles. The summed E-state index contributed by atoms with van der Waals surface area (Å²) in [5, 5.41) is 2.88. The molecule has 2 aliphatic rings. The fraction of sp³-hybridized carbons (Fsp3) is 0.588. The topological polar surface area (TPSA) is 86.1 Å². The Kier molecular flexibility index (Phi) is 5.11. The van der Waals surface area contributed by atoms with Gasteiger partial charge in [0.2, 0.25) is 12.7 Å². The first-order valence-electron chi connectivity index (χ1n) is 8.30. The maximum atomic E-state index is 12.0. The molecular formula is C17H25N3O4. The SMILES string of the molecule is CC1(CN)CCN(CC(=O)NCCOc2ccc3c(c2)OCO3)C1. The number of nitrogens with zero attached hydrogens (tertiary/aromatic N) is 1. The summed E-state index contributed by atoms with van der Waals surface area (Å²) in [6.07, 6.45) is 1.05. The number of hydrogen-bond donors (Lipinski definition) is 2. The summed E-state index contributed by atoms with van der Waals surface area (Å²) in [7, 11) is 0. The van der Waals surface area contributed by atoms with Crippen molar-refractivity contribution < 1.29 is 19.0 Å². The predicted octanol–water partition coefficient (Wildman–Crippen LogP) is 0.581. The van der Waals surface area contributed by atoms with E-state index in [1.165, 1.54) is 0 Å². The third-order valence-corrected chi connectivity index (χ3v) is 4.53. The van der Waals surface area contributed by atoms with E-state index in [9.17, 15) is 4.79 Å². The average Bonchev–Trinajstić information content (AvgIpc) is 3.18. The summed E-state index contributed by atoms with van der Waals surface area (Å²) < 4.78 is 16.2. The molecule has 1 saturated heterocycles. The van der Waals surface area contributed by atoms with Gasteiger partial charge < -0.3 is 25.3 Å². The molecule has 2 heterocycles. The summed E-state index contributed by atoms with van der Waals surface area (Å²) >= 11 is 0. The molecule has 3 N–H and O–H groups in total. The molecule has 0 aromatic heterocycles. The Balaban J connectivity index is 1.34. The molecule has 1 aromatic carbocycles. The minimum absolute atomic E-state index is 0.0190. The summed E-state index contributed by atoms with van der Waals surface area (Å²) in [6.45, 7) is 6.17. The molecule has 1 fully saturated rings. The largest absolute Gasteiger partial charge is 0.492 e. The minimum Gasteiger partial charge on any atom is -0.492 e. The van der Waals surface area contributed by atoms with Crippen molar-refractivity contribution in [2.45, 2.75) is 13.3 Å². The van der Waals surface area contributed by atoms with Crippen LogP contribution in [0.1, 0.15) is 13.3 Å². The van der Waals surface area contributed by atoms with Crippen LogP contribution >= 0.6 is 0 Å². The molecule has 1 atom stereocenters. The standard InChI is InChI=1S/C17H25N3O4/c1-17(10-18)4-6-20(11-17)9-16(21)19-5-7-22-13-2-3-14-15(8-13)24-12-23-14/h2-3,8H,4-7,9-12,18H2,1H3,(H,19,21). The number of carbonyl (C=O) groups is 1. The van der Waals surface area contributed by atoms with Crippen molar-refractivity contribution in [3.63, 3.8) is 0 Å². The van der Waals surface area contributed by atoms with Crippen molar-refractivity contribution in [1.29, 1.82) is 0 Å². The Labute approximate surface area is 142 Å². The number of benzene rings is 1. The van der Waals surface area contributed by atoms with Crippen molar-refractivity contribution in [1.82, 2.24) is 10.2 Å². The molecule has 1 amide bonds. The van der Waals surface area contributed by atoms with E-state index < -0.39 is 0 Å². The lowest BCUT2D eigenvalue weighted by molar-refractivity contribution is -0.122. The molecule has 0 spiro atoms. The number of ether oxygens (including phenoxy) is 3. The van der Waals surface area contributed by atoms with Crippen LogP contribution in [0.25, 0.3) is 0 Å². The van der Waals surface area contributed by atoms with Crippen LogP contribution in [-0.4, -0.2) is 56.9 Å². The third kappa shape index (κ3) is 4.10. The maximum absolute atomic E-state index is 12.0. The normalized spacial score (nSPS) is 22.6. The van der Waals surface area contributed by atoms with Gasteiger partial charge in [0.1, 0.15) is 12.4 Å². The van der Waals surface area contributed by atoms with Gasteiger partial charge in [0, 0.05) is 12.6 Å². The monoisotopic (exact) mass is 335 g/mol. The molecule has 24 heavy (non-hydrogen) atoms. The summed E-state index contributed by atoms with van der Waals surface area (Å²) in [5.41, 5.74) is 5.93. The van der Waals surface area contributed by atoms with E-state index in [-0.39, 0.29) is 18.1 Å². The highest BCUT2D eigenvalue weighted by Gasteiger charge is 2.32. The van der Waals surface area contributed by atoms with Crippen LogP contribution in [0.3, 0.4) is 0 Å². The Morgan fingerprint density at radius 1 is 1.42 bits per heavy atom. The van der Waals surface area contributed by atoms with Gasteiger partial charge in [-0.25, -0.2) is 0 Å². The van der Waals surface area contributed by atoms with Gasteiger partial charge in [-0.3, -0.25) is 9.69 Å². The molecule has 0 radical (unpaired) electrons. The molecule has 0 bridgehead atoms. The summed E-state index contributed by atoms with van der Waals surface area (Å²) in [5.74, 6) is 2.14. The van der Waals surface area contributed by atoms with Crippen molar-refractivity contribution in [2.75, 3.05) is 46.1 Å². The second-order valence-corrected chi connectivity index (χ2v) is 6.69. The number of nitrogens with two attached hydrogens (primary N) is 1. The Bertz CT molecular complexity index is 595. The lowest BCUT2D eigenvalue weighted by atomic mass is 9.90. The van der Waals surface area contributed by atoms with Gasteiger partial charge in [0.25, 0.3) is 0 Å². The van der Waals surface area contributed by atoms with E-state index in [1.54, 1.807) is 6.07 Å². The van der Waals surface area contributed by atoms with Crippen molar-refractivity contribution in [2.24, 2.45) is 11.1 Å². The van der Waals surface area contributed by atoms with E-state index in [4.69, 9.17) is 19.9 Å². The Morgan fingerprint density at radius 3 is 3.04 bits per heavy atom. The van der Waals surface area contributed by atoms with Crippen molar-refractivity contribution in [3.8, 4) is 17.2 Å². The molecule has 7 nitrogen and oxygen atoms in total. The van der Waals surface area contributed by atoms with E-state index in [0.717, 1.165) is 25.3 Å². The van der Waals surface area contributed by atoms with Crippen LogP contribution in [0, 0.1) is 5.41 Å². The third-order valence-electron chi connectivity index (χ3n) is 4.53. The zero-order valence-corrected chi connectivity index (χ0v) is 14.0. The number of nitrogens with one attached hydrogen (secondary N) is 1. The van der Waals surface area contributed by atoms with E-state index in [0.29, 0.717) is 37.7 Å². The molecular weight excluding hydrogens is 310 g/mol. The highest BCUT2D eigenvalue weighted by molar-refractivity contribution is 5.78. The minimum atomic E-state index is 0.0190. The molecule has 2 aliphatic heterocycles. The first-order chi connectivity index (χ1) is 11.6. The molecule has 3 rings (SSSR count). The van der Waals surface area contributed by atoms with Gasteiger partial charge in [-0.15, -0.1) is 0 Å². The molecule has 1 unspecified atom stereocenters. The van der Waals surface area contributed by atoms with Crippen LogP contribution in [0.2, 0.25) is 0 Å². The highest BCUT2D eigenvalue weighted by Crippen LogP contribution is 2.35. The fourth-order valence-electron chi connectivity index (χ4n) is 3.01. The lowest BCUT2D eigenvalue weighted by Gasteiger charge is -2.22. The molecule has 0 aliphatic carbocycles. The lowest BCUT2D eigenvalue weighted by Crippen LogP contribution is -2.39. The smallest absolute Gasteiger partial charge is 0.234 e. The summed E-state index contributed by atoms with van der Waals surface area (Å²) in [6, 6.07) is 5.44. The van der Waals surface area contributed by atoms with Crippen LogP contribution < -0.4 is 25.3 Å². The number of fused-ring (bicyclic) bond motifs is 1. The van der Waals surface area contributed by atoms with Crippen molar-refractivity contribution >= 4 is 5.91 Å². The van der Waals surface area contributed by atoms with E-state index in [1.807, 2.05) is 12.1 Å². The Morgan fingerprint density at radius 2 is 2.25 bits per heavy atom. The second-order valence-electron chi connectivity index (χ2n) is 6.69. The molecule has 132 valence electrons. The van der Waals surface area contributed by atoms with Crippen LogP contribution in [0.15, 0.2) is 18.2 Å². The number of carbonyl (C=O) groups excluding carboxylic acids is 1. The van der Waals surface area contributed by atoms with Gasteiger partial charge >= 0.3 is 0 Å². The predicted molar refractivity (Wildman–Crippen MR) is 89.3 cm³/mol. The maximum Gasteiger partial charge on any atom is 0.234 e. The average molecular weight is 335 g/mol. The Hall–Kier alpha value is -1.99. The fourth-order valence-corrected chi connectivity index (χ4v) is 3.01. The second kappa shape index (κ2) is 7.27. The quantitative estimate of drug-likeness (QED) is 0.709. The van der Waals surface area contributed by atoms with Crippen LogP contribution in [0.5, 0.6) is 17.2 Å². The van der Waals surface area contributed by atoms with Crippen LogP contribution in [0.4, 0.5) is 0 Å². The highest BCUT2D eigenvalue weighted by atomic mass is 16.7. The van der Waals surface area contributed by atoms with Crippen molar-refractivity contribution in [3.05, 3.63) is 18.2 Å². The van der Waals surface area contributed by atoms with Gasteiger partial charge in [0.15, 0.2) is 11.5 Å². The first kappa shape index (κ1) is 16.9. The van der Waals surface area contributed by atoms with Gasteiger partial charge in [-0.05, 0) is 37.1 Å². The van der Waals surface area contributed by atoms with Gasteiger partial charge in [-0.1, -0.05) is 6.92 Å². The molecule has 7 heteroatoms. The summed E-state index contributed by atoms with van der Waals surface area (Å²) in [4.78, 5) is 14.1. The van der Waals surface area contributed by atoms with Gasteiger partial charge in [0.05, 0.1) is 13.1 Å². The molecule has 1 aromatic rings.